The van der Waals surface area contributed by atoms with Crippen molar-refractivity contribution in [2.24, 2.45) is 0 Å². The number of carbonyl (C=O) groups excluding carboxylic acids is 1. The molecule has 0 saturated carbocycles. The topological polar surface area (TPSA) is 38.8 Å². The minimum Gasteiger partial charge on any atom is -0.459 e. The van der Waals surface area contributed by atoms with Crippen molar-refractivity contribution >= 4 is 5.97 Å². The van der Waals surface area contributed by atoms with E-state index < -0.39 is 0 Å². The molecule has 1 atom stereocenters. The van der Waals surface area contributed by atoms with E-state index in [1.165, 1.54) is 0 Å². The number of carbonyl (C=O) groups is 1. The van der Waals surface area contributed by atoms with Crippen LogP contribution in [-0.2, 0) is 14.3 Å². The molecule has 1 aromatic rings. The van der Waals surface area contributed by atoms with E-state index in [4.69, 9.17) is 9.47 Å². The lowest BCUT2D eigenvalue weighted by Gasteiger charge is -1.99. The maximum Gasteiger partial charge on any atom is 0.333 e. The van der Waals surface area contributed by atoms with Crippen LogP contribution in [0.2, 0.25) is 0 Å². The van der Waals surface area contributed by atoms with Gasteiger partial charge in [-0.05, 0) is 6.92 Å². The molecule has 1 aliphatic rings. The quantitative estimate of drug-likeness (QED) is 0.365. The standard InChI is InChI=1S/C7H10O3.C6H6.C4H6/c1-5(2)7(8)10-4-6-3-9-6;1-2-4-6-5-3-1;1-3-4-2/h6H,1,3-4H2,2H3;1-6H;3-4H,1-2H2. The van der Waals surface area contributed by atoms with Crippen molar-refractivity contribution in [3.05, 3.63) is 73.9 Å². The van der Waals surface area contributed by atoms with E-state index in [1.54, 1.807) is 19.1 Å². The number of hydrogen-bond acceptors (Lipinski definition) is 3. The van der Waals surface area contributed by atoms with Gasteiger partial charge in [0.25, 0.3) is 0 Å². The van der Waals surface area contributed by atoms with Gasteiger partial charge in [-0.2, -0.15) is 0 Å². The molecule has 0 amide bonds. The van der Waals surface area contributed by atoms with Crippen molar-refractivity contribution in [2.75, 3.05) is 13.2 Å². The summed E-state index contributed by atoms with van der Waals surface area (Å²) in [6, 6.07) is 12.0. The summed E-state index contributed by atoms with van der Waals surface area (Å²) in [7, 11) is 0. The van der Waals surface area contributed by atoms with Crippen LogP contribution in [0.1, 0.15) is 6.92 Å². The second kappa shape index (κ2) is 11.9. The molecule has 3 heteroatoms. The first kappa shape index (κ1) is 17.9. The second-order valence-electron chi connectivity index (χ2n) is 3.96. The number of esters is 1. The third-order valence-electron chi connectivity index (χ3n) is 1.98. The fraction of sp³-hybridized carbons (Fsp3) is 0.235. The van der Waals surface area contributed by atoms with E-state index in [0.717, 1.165) is 0 Å². The summed E-state index contributed by atoms with van der Waals surface area (Å²) < 4.78 is 9.60. The first-order chi connectivity index (χ1) is 9.61. The summed E-state index contributed by atoms with van der Waals surface area (Å²) in [5.41, 5.74) is 0.431. The molecule has 1 unspecified atom stereocenters. The molecule has 2 rings (SSSR count). The van der Waals surface area contributed by atoms with E-state index in [2.05, 4.69) is 19.7 Å². The molecule has 0 bridgehead atoms. The Bertz CT molecular complexity index is 373. The summed E-state index contributed by atoms with van der Waals surface area (Å²) in [5.74, 6) is -0.337. The van der Waals surface area contributed by atoms with Gasteiger partial charge in [0.05, 0.1) is 6.61 Å². The van der Waals surface area contributed by atoms with E-state index in [0.29, 0.717) is 18.8 Å². The molecule has 108 valence electrons. The van der Waals surface area contributed by atoms with E-state index in [-0.39, 0.29) is 12.1 Å². The van der Waals surface area contributed by atoms with Gasteiger partial charge in [0.2, 0.25) is 0 Å². The Hall–Kier alpha value is -2.13. The molecular weight excluding hydrogens is 252 g/mol. The lowest BCUT2D eigenvalue weighted by atomic mass is 10.4. The third kappa shape index (κ3) is 12.3. The van der Waals surface area contributed by atoms with Crippen LogP contribution in [0.3, 0.4) is 0 Å². The average Bonchev–Trinajstić information content (AvgIpc) is 3.31. The highest BCUT2D eigenvalue weighted by Crippen LogP contribution is 2.09. The predicted molar refractivity (Wildman–Crippen MR) is 82.3 cm³/mol. The van der Waals surface area contributed by atoms with Gasteiger partial charge in [0.15, 0.2) is 0 Å². The molecule has 0 spiro atoms. The molecule has 3 nitrogen and oxygen atoms in total. The van der Waals surface area contributed by atoms with Crippen molar-refractivity contribution in [1.82, 2.24) is 0 Å². The van der Waals surface area contributed by atoms with E-state index in [1.807, 2.05) is 36.4 Å². The lowest BCUT2D eigenvalue weighted by molar-refractivity contribution is -0.139. The lowest BCUT2D eigenvalue weighted by Crippen LogP contribution is -2.09. The van der Waals surface area contributed by atoms with Crippen molar-refractivity contribution in [3.8, 4) is 0 Å². The molecule has 1 aliphatic heterocycles. The predicted octanol–water partition coefficient (Wildman–Crippen LogP) is 3.55. The van der Waals surface area contributed by atoms with Gasteiger partial charge >= 0.3 is 5.97 Å². The van der Waals surface area contributed by atoms with Crippen LogP contribution >= 0.6 is 0 Å². The number of rotatable bonds is 4. The smallest absolute Gasteiger partial charge is 0.333 e. The molecule has 1 saturated heterocycles. The normalized spacial score (nSPS) is 14.3. The Morgan fingerprint density at radius 3 is 1.85 bits per heavy atom. The molecule has 1 aromatic carbocycles. The van der Waals surface area contributed by atoms with Gasteiger partial charge in [-0.3, -0.25) is 0 Å². The number of benzene rings is 1. The van der Waals surface area contributed by atoms with Crippen molar-refractivity contribution in [1.29, 1.82) is 0 Å². The zero-order valence-electron chi connectivity index (χ0n) is 12.0. The van der Waals surface area contributed by atoms with Crippen molar-refractivity contribution in [2.45, 2.75) is 13.0 Å². The molecular formula is C17H22O3. The van der Waals surface area contributed by atoms with Gasteiger partial charge in [-0.15, -0.1) is 0 Å². The van der Waals surface area contributed by atoms with E-state index in [9.17, 15) is 4.79 Å². The third-order valence-corrected chi connectivity index (χ3v) is 1.98. The molecule has 0 aromatic heterocycles. The number of allylic oxidation sites excluding steroid dienone is 2. The Morgan fingerprint density at radius 2 is 1.60 bits per heavy atom. The van der Waals surface area contributed by atoms with Crippen LogP contribution in [0.5, 0.6) is 0 Å². The zero-order valence-corrected chi connectivity index (χ0v) is 12.0. The maximum absolute atomic E-state index is 10.7. The van der Waals surface area contributed by atoms with Gasteiger partial charge in [0.1, 0.15) is 12.7 Å². The highest BCUT2D eigenvalue weighted by molar-refractivity contribution is 5.86. The summed E-state index contributed by atoms with van der Waals surface area (Å²) in [6.45, 7) is 12.9. The van der Waals surface area contributed by atoms with Gasteiger partial charge in [0, 0.05) is 5.57 Å². The van der Waals surface area contributed by atoms with Crippen LogP contribution in [0.15, 0.2) is 73.9 Å². The summed E-state index contributed by atoms with van der Waals surface area (Å²) in [6.07, 6.45) is 3.42. The van der Waals surface area contributed by atoms with Crippen LogP contribution in [-0.4, -0.2) is 25.3 Å². The number of epoxide rings is 1. The molecule has 0 aliphatic carbocycles. The van der Waals surface area contributed by atoms with Crippen LogP contribution in [0.25, 0.3) is 0 Å². The molecule has 1 heterocycles. The number of hydrogen-bond donors (Lipinski definition) is 0. The van der Waals surface area contributed by atoms with Crippen LogP contribution < -0.4 is 0 Å². The fourth-order valence-electron chi connectivity index (χ4n) is 0.841. The van der Waals surface area contributed by atoms with Gasteiger partial charge < -0.3 is 9.47 Å². The van der Waals surface area contributed by atoms with Gasteiger partial charge in [-0.1, -0.05) is 68.3 Å². The SMILES string of the molecule is C=C(C)C(=O)OCC1CO1.C=CC=C.c1ccccc1. The molecule has 20 heavy (non-hydrogen) atoms. The largest absolute Gasteiger partial charge is 0.459 e. The molecule has 1 fully saturated rings. The highest BCUT2D eigenvalue weighted by Gasteiger charge is 2.24. The summed E-state index contributed by atoms with van der Waals surface area (Å²) in [4.78, 5) is 10.7. The molecule has 0 radical (unpaired) electrons. The monoisotopic (exact) mass is 274 g/mol. The second-order valence-corrected chi connectivity index (χ2v) is 3.96. The maximum atomic E-state index is 10.7. The minimum absolute atomic E-state index is 0.142. The van der Waals surface area contributed by atoms with Crippen molar-refractivity contribution < 1.29 is 14.3 Å². The summed E-state index contributed by atoms with van der Waals surface area (Å²) >= 11 is 0. The first-order valence-corrected chi connectivity index (χ1v) is 6.29. The van der Waals surface area contributed by atoms with Crippen LogP contribution in [0.4, 0.5) is 0 Å². The average molecular weight is 274 g/mol. The Labute approximate surface area is 121 Å². The summed E-state index contributed by atoms with van der Waals surface area (Å²) in [5, 5.41) is 0. The minimum atomic E-state index is -0.337. The highest BCUT2D eigenvalue weighted by atomic mass is 16.6. The Morgan fingerprint density at radius 1 is 1.20 bits per heavy atom. The Balaban J connectivity index is 0.000000307. The number of ether oxygens (including phenoxy) is 2. The van der Waals surface area contributed by atoms with Crippen LogP contribution in [0, 0.1) is 0 Å². The fourth-order valence-corrected chi connectivity index (χ4v) is 0.841. The Kier molecular flexibility index (Phi) is 10.7. The van der Waals surface area contributed by atoms with Crippen molar-refractivity contribution in [3.63, 3.8) is 0 Å². The van der Waals surface area contributed by atoms with E-state index >= 15 is 0 Å². The zero-order chi connectivity index (χ0) is 15.2. The first-order valence-electron chi connectivity index (χ1n) is 6.29. The molecule has 0 N–H and O–H groups in total. The van der Waals surface area contributed by atoms with Gasteiger partial charge in [-0.25, -0.2) is 4.79 Å².